The number of ether oxygens (including phenoxy) is 1. The van der Waals surface area contributed by atoms with Crippen LogP contribution in [0.4, 0.5) is 4.79 Å². The SMILES string of the molecule is COc1ccc(C)cc1CN(C)C(N)=O. The number of carbonyl (C=O) groups is 1. The first kappa shape index (κ1) is 11.4. The van der Waals surface area contributed by atoms with Crippen LogP contribution in [0.15, 0.2) is 18.2 Å². The number of hydrogen-bond acceptors (Lipinski definition) is 2. The van der Waals surface area contributed by atoms with Crippen LogP contribution in [0.25, 0.3) is 0 Å². The van der Waals surface area contributed by atoms with E-state index in [0.29, 0.717) is 6.54 Å². The van der Waals surface area contributed by atoms with Crippen LogP contribution < -0.4 is 10.5 Å². The van der Waals surface area contributed by atoms with Crippen molar-refractivity contribution in [2.75, 3.05) is 14.2 Å². The summed E-state index contributed by atoms with van der Waals surface area (Å²) in [4.78, 5) is 12.3. The highest BCUT2D eigenvalue weighted by Gasteiger charge is 2.08. The number of carbonyl (C=O) groups excluding carboxylic acids is 1. The molecule has 0 bridgehead atoms. The molecule has 4 heteroatoms. The molecule has 0 saturated heterocycles. The third-order valence-corrected chi connectivity index (χ3v) is 2.22. The van der Waals surface area contributed by atoms with Gasteiger partial charge in [-0.1, -0.05) is 17.7 Å². The Bertz CT molecular complexity index is 364. The average Bonchev–Trinajstić information content (AvgIpc) is 2.18. The van der Waals surface area contributed by atoms with Gasteiger partial charge in [-0.05, 0) is 13.0 Å². The van der Waals surface area contributed by atoms with Crippen molar-refractivity contribution in [1.29, 1.82) is 0 Å². The van der Waals surface area contributed by atoms with Crippen LogP contribution in [-0.2, 0) is 6.54 Å². The molecule has 1 rings (SSSR count). The molecular formula is C11H16N2O2. The van der Waals surface area contributed by atoms with Gasteiger partial charge in [0, 0.05) is 12.6 Å². The Morgan fingerprint density at radius 2 is 2.20 bits per heavy atom. The molecule has 0 aliphatic rings. The Morgan fingerprint density at radius 1 is 1.53 bits per heavy atom. The minimum absolute atomic E-state index is 0.446. The summed E-state index contributed by atoms with van der Waals surface area (Å²) < 4.78 is 5.20. The van der Waals surface area contributed by atoms with E-state index in [1.54, 1.807) is 14.2 Å². The monoisotopic (exact) mass is 208 g/mol. The van der Waals surface area contributed by atoms with Crippen LogP contribution in [0, 0.1) is 6.92 Å². The number of rotatable bonds is 3. The van der Waals surface area contributed by atoms with Gasteiger partial charge in [0.05, 0.1) is 13.7 Å². The van der Waals surface area contributed by atoms with Crippen molar-refractivity contribution >= 4 is 6.03 Å². The lowest BCUT2D eigenvalue weighted by Gasteiger charge is -2.16. The maximum absolute atomic E-state index is 10.9. The number of hydrogen-bond donors (Lipinski definition) is 1. The van der Waals surface area contributed by atoms with Gasteiger partial charge in [-0.25, -0.2) is 4.79 Å². The Balaban J connectivity index is 2.91. The van der Waals surface area contributed by atoms with E-state index in [4.69, 9.17) is 10.5 Å². The van der Waals surface area contributed by atoms with Crippen molar-refractivity contribution in [3.05, 3.63) is 29.3 Å². The summed E-state index contributed by atoms with van der Waals surface area (Å²) in [7, 11) is 3.27. The highest BCUT2D eigenvalue weighted by Crippen LogP contribution is 2.20. The molecule has 0 fully saturated rings. The lowest BCUT2D eigenvalue weighted by molar-refractivity contribution is 0.216. The van der Waals surface area contributed by atoms with E-state index in [1.807, 2.05) is 25.1 Å². The van der Waals surface area contributed by atoms with Crippen molar-refractivity contribution in [3.63, 3.8) is 0 Å². The fourth-order valence-corrected chi connectivity index (χ4v) is 1.36. The highest BCUT2D eigenvalue weighted by molar-refractivity contribution is 5.71. The Hall–Kier alpha value is -1.71. The third kappa shape index (κ3) is 2.87. The average molecular weight is 208 g/mol. The number of methoxy groups -OCH3 is 1. The predicted octanol–water partition coefficient (Wildman–Crippen LogP) is 1.51. The second-order valence-corrected chi connectivity index (χ2v) is 3.51. The number of benzene rings is 1. The predicted molar refractivity (Wildman–Crippen MR) is 58.8 cm³/mol. The number of nitrogens with two attached hydrogens (primary N) is 1. The van der Waals surface area contributed by atoms with Gasteiger partial charge >= 0.3 is 6.03 Å². The molecule has 0 heterocycles. The fourth-order valence-electron chi connectivity index (χ4n) is 1.36. The van der Waals surface area contributed by atoms with Gasteiger partial charge < -0.3 is 15.4 Å². The van der Waals surface area contributed by atoms with Crippen LogP contribution in [0.1, 0.15) is 11.1 Å². The van der Waals surface area contributed by atoms with Crippen molar-refractivity contribution in [2.24, 2.45) is 5.73 Å². The summed E-state index contributed by atoms with van der Waals surface area (Å²) in [5.41, 5.74) is 7.25. The summed E-state index contributed by atoms with van der Waals surface area (Å²) in [6, 6.07) is 5.39. The van der Waals surface area contributed by atoms with Crippen molar-refractivity contribution in [1.82, 2.24) is 4.90 Å². The van der Waals surface area contributed by atoms with E-state index in [2.05, 4.69) is 0 Å². The summed E-state index contributed by atoms with van der Waals surface area (Å²) in [6.45, 7) is 2.45. The molecule has 82 valence electrons. The standard InChI is InChI=1S/C11H16N2O2/c1-8-4-5-10(15-3)9(6-8)7-13(2)11(12)14/h4-6H,7H2,1-3H3,(H2,12,14). The zero-order valence-electron chi connectivity index (χ0n) is 9.28. The molecule has 0 aliphatic carbocycles. The topological polar surface area (TPSA) is 55.6 Å². The number of urea groups is 1. The first-order valence-corrected chi connectivity index (χ1v) is 4.68. The highest BCUT2D eigenvalue weighted by atomic mass is 16.5. The molecule has 0 spiro atoms. The first-order chi connectivity index (χ1) is 7.04. The summed E-state index contributed by atoms with van der Waals surface area (Å²) >= 11 is 0. The van der Waals surface area contributed by atoms with Crippen molar-refractivity contribution in [3.8, 4) is 5.75 Å². The fraction of sp³-hybridized carbons (Fsp3) is 0.364. The Kier molecular flexibility index (Phi) is 3.55. The molecule has 0 saturated carbocycles. The molecule has 0 aromatic heterocycles. The van der Waals surface area contributed by atoms with E-state index in [0.717, 1.165) is 16.9 Å². The number of nitrogens with zero attached hydrogens (tertiary/aromatic N) is 1. The van der Waals surface area contributed by atoms with Crippen LogP contribution in [-0.4, -0.2) is 25.1 Å². The van der Waals surface area contributed by atoms with Crippen LogP contribution in [0.5, 0.6) is 5.75 Å². The maximum atomic E-state index is 10.9. The van der Waals surface area contributed by atoms with E-state index >= 15 is 0 Å². The Morgan fingerprint density at radius 3 is 2.73 bits per heavy atom. The largest absolute Gasteiger partial charge is 0.496 e. The van der Waals surface area contributed by atoms with Crippen molar-refractivity contribution in [2.45, 2.75) is 13.5 Å². The smallest absolute Gasteiger partial charge is 0.314 e. The summed E-state index contributed by atoms with van der Waals surface area (Å²) in [5, 5.41) is 0. The number of aryl methyl sites for hydroxylation is 1. The minimum Gasteiger partial charge on any atom is -0.496 e. The zero-order valence-corrected chi connectivity index (χ0v) is 9.28. The van der Waals surface area contributed by atoms with E-state index in [-0.39, 0.29) is 0 Å². The van der Waals surface area contributed by atoms with Crippen LogP contribution in [0.3, 0.4) is 0 Å². The third-order valence-electron chi connectivity index (χ3n) is 2.22. The first-order valence-electron chi connectivity index (χ1n) is 4.68. The van der Waals surface area contributed by atoms with Gasteiger partial charge in [-0.3, -0.25) is 0 Å². The van der Waals surface area contributed by atoms with Crippen molar-refractivity contribution < 1.29 is 9.53 Å². The molecule has 4 nitrogen and oxygen atoms in total. The molecule has 0 aliphatic heterocycles. The minimum atomic E-state index is -0.446. The molecule has 1 aromatic carbocycles. The summed E-state index contributed by atoms with van der Waals surface area (Å²) in [6.07, 6.45) is 0. The lowest BCUT2D eigenvalue weighted by atomic mass is 10.1. The maximum Gasteiger partial charge on any atom is 0.314 e. The molecule has 1 aromatic rings. The molecule has 15 heavy (non-hydrogen) atoms. The van der Waals surface area contributed by atoms with Gasteiger partial charge in [-0.2, -0.15) is 0 Å². The van der Waals surface area contributed by atoms with Gasteiger partial charge in [-0.15, -0.1) is 0 Å². The second-order valence-electron chi connectivity index (χ2n) is 3.51. The molecule has 2 N–H and O–H groups in total. The lowest BCUT2D eigenvalue weighted by Crippen LogP contribution is -2.31. The molecule has 0 radical (unpaired) electrons. The Labute approximate surface area is 89.6 Å². The van der Waals surface area contributed by atoms with Gasteiger partial charge in [0.25, 0.3) is 0 Å². The normalized spacial score (nSPS) is 9.80. The van der Waals surface area contributed by atoms with E-state index in [9.17, 15) is 4.79 Å². The zero-order chi connectivity index (χ0) is 11.4. The van der Waals surface area contributed by atoms with Gasteiger partial charge in [0.1, 0.15) is 5.75 Å². The molecule has 0 unspecified atom stereocenters. The van der Waals surface area contributed by atoms with E-state index < -0.39 is 6.03 Å². The number of amides is 2. The van der Waals surface area contributed by atoms with Crippen LogP contribution >= 0.6 is 0 Å². The molecule has 0 atom stereocenters. The van der Waals surface area contributed by atoms with Gasteiger partial charge in [0.15, 0.2) is 0 Å². The molecule has 2 amide bonds. The molecular weight excluding hydrogens is 192 g/mol. The van der Waals surface area contributed by atoms with E-state index in [1.165, 1.54) is 4.90 Å². The van der Waals surface area contributed by atoms with Gasteiger partial charge in [0.2, 0.25) is 0 Å². The number of primary amides is 1. The second kappa shape index (κ2) is 4.68. The quantitative estimate of drug-likeness (QED) is 0.818. The van der Waals surface area contributed by atoms with Crippen LogP contribution in [0.2, 0.25) is 0 Å². The summed E-state index contributed by atoms with van der Waals surface area (Å²) in [5.74, 6) is 0.772.